The quantitative estimate of drug-likeness (QED) is 0.889. The number of hydrogen-bond acceptors (Lipinski definition) is 5. The summed E-state index contributed by atoms with van der Waals surface area (Å²) in [6, 6.07) is 11.3. The molecular weight excluding hydrogens is 226 g/mol. The molecule has 0 unspecified atom stereocenters. The molecule has 5 nitrogen and oxygen atoms in total. The highest BCUT2D eigenvalue weighted by Gasteiger charge is 2.06. The van der Waals surface area contributed by atoms with E-state index in [-0.39, 0.29) is 0 Å². The van der Waals surface area contributed by atoms with Crippen LogP contribution in [-0.4, -0.2) is 24.1 Å². The van der Waals surface area contributed by atoms with Crippen LogP contribution in [0.4, 0.5) is 17.3 Å². The Morgan fingerprint density at radius 3 is 2.83 bits per heavy atom. The second-order valence-electron chi connectivity index (χ2n) is 3.73. The van der Waals surface area contributed by atoms with Crippen molar-refractivity contribution in [2.24, 2.45) is 0 Å². The van der Waals surface area contributed by atoms with Gasteiger partial charge in [-0.1, -0.05) is 6.07 Å². The summed E-state index contributed by atoms with van der Waals surface area (Å²) in [4.78, 5) is 10.2. The molecule has 0 fully saturated rings. The Morgan fingerprint density at radius 2 is 2.11 bits per heavy atom. The Kier molecular flexibility index (Phi) is 3.39. The third-order valence-electron chi connectivity index (χ3n) is 2.61. The van der Waals surface area contributed by atoms with Crippen LogP contribution in [0.5, 0.6) is 0 Å². The molecule has 0 atom stereocenters. The maximum atomic E-state index is 8.89. The van der Waals surface area contributed by atoms with Crippen molar-refractivity contribution in [3.05, 3.63) is 42.2 Å². The standard InChI is InChI=1S/C13H13N5/c1-15-12-7-13(17-9-16-12)18(2)11-5-3-4-10(6-11)8-14/h3-7,9H,1-2H3,(H,15,16,17). The molecule has 1 N–H and O–H groups in total. The first-order valence-corrected chi connectivity index (χ1v) is 5.48. The van der Waals surface area contributed by atoms with Crippen molar-refractivity contribution in [3.8, 4) is 6.07 Å². The van der Waals surface area contributed by atoms with Crippen LogP contribution in [0.2, 0.25) is 0 Å². The summed E-state index contributed by atoms with van der Waals surface area (Å²) < 4.78 is 0. The Morgan fingerprint density at radius 1 is 1.28 bits per heavy atom. The fourth-order valence-corrected chi connectivity index (χ4v) is 1.58. The van der Waals surface area contributed by atoms with Gasteiger partial charge in [0.25, 0.3) is 0 Å². The van der Waals surface area contributed by atoms with Crippen LogP contribution in [0.15, 0.2) is 36.7 Å². The lowest BCUT2D eigenvalue weighted by Gasteiger charge is -2.18. The molecule has 2 aromatic rings. The highest BCUT2D eigenvalue weighted by molar-refractivity contribution is 5.62. The second-order valence-corrected chi connectivity index (χ2v) is 3.73. The summed E-state index contributed by atoms with van der Waals surface area (Å²) in [5.74, 6) is 1.52. The van der Waals surface area contributed by atoms with Crippen LogP contribution < -0.4 is 10.2 Å². The zero-order chi connectivity index (χ0) is 13.0. The van der Waals surface area contributed by atoms with Crippen molar-refractivity contribution in [1.82, 2.24) is 9.97 Å². The van der Waals surface area contributed by atoms with E-state index >= 15 is 0 Å². The monoisotopic (exact) mass is 239 g/mol. The van der Waals surface area contributed by atoms with E-state index < -0.39 is 0 Å². The van der Waals surface area contributed by atoms with Crippen molar-refractivity contribution in [2.45, 2.75) is 0 Å². The Balaban J connectivity index is 2.35. The smallest absolute Gasteiger partial charge is 0.138 e. The number of hydrogen-bond donors (Lipinski definition) is 1. The van der Waals surface area contributed by atoms with Crippen molar-refractivity contribution in [2.75, 3.05) is 24.3 Å². The number of rotatable bonds is 3. The zero-order valence-corrected chi connectivity index (χ0v) is 10.3. The van der Waals surface area contributed by atoms with Gasteiger partial charge in [0.2, 0.25) is 0 Å². The lowest BCUT2D eigenvalue weighted by molar-refractivity contribution is 1.08. The number of nitrogens with one attached hydrogen (secondary N) is 1. The van der Waals surface area contributed by atoms with E-state index in [1.807, 2.05) is 43.3 Å². The van der Waals surface area contributed by atoms with E-state index in [9.17, 15) is 0 Å². The van der Waals surface area contributed by atoms with Gasteiger partial charge >= 0.3 is 0 Å². The fraction of sp³-hybridized carbons (Fsp3) is 0.154. The van der Waals surface area contributed by atoms with E-state index in [2.05, 4.69) is 21.4 Å². The van der Waals surface area contributed by atoms with E-state index in [0.717, 1.165) is 17.3 Å². The van der Waals surface area contributed by atoms with Crippen molar-refractivity contribution >= 4 is 17.3 Å². The van der Waals surface area contributed by atoms with Gasteiger partial charge < -0.3 is 10.2 Å². The Hall–Kier alpha value is -2.61. The predicted molar refractivity (Wildman–Crippen MR) is 70.8 cm³/mol. The molecule has 0 saturated carbocycles. The molecular formula is C13H13N5. The van der Waals surface area contributed by atoms with E-state index in [0.29, 0.717) is 5.56 Å². The van der Waals surface area contributed by atoms with Gasteiger partial charge in [-0.05, 0) is 18.2 Å². The largest absolute Gasteiger partial charge is 0.373 e. The predicted octanol–water partition coefficient (Wildman–Crippen LogP) is 2.16. The SMILES string of the molecule is CNc1cc(N(C)c2cccc(C#N)c2)ncn1. The molecule has 2 rings (SSSR count). The molecule has 1 aromatic heterocycles. The van der Waals surface area contributed by atoms with Crippen molar-refractivity contribution < 1.29 is 0 Å². The maximum absolute atomic E-state index is 8.89. The minimum absolute atomic E-state index is 0.627. The first-order chi connectivity index (χ1) is 8.74. The molecule has 1 aromatic carbocycles. The minimum atomic E-state index is 0.627. The third-order valence-corrected chi connectivity index (χ3v) is 2.61. The lowest BCUT2D eigenvalue weighted by Crippen LogP contribution is -2.12. The average Bonchev–Trinajstić information content (AvgIpc) is 2.46. The van der Waals surface area contributed by atoms with Crippen LogP contribution >= 0.6 is 0 Å². The van der Waals surface area contributed by atoms with Gasteiger partial charge in [0.15, 0.2) is 0 Å². The number of aromatic nitrogens is 2. The van der Waals surface area contributed by atoms with Gasteiger partial charge in [0.1, 0.15) is 18.0 Å². The summed E-state index contributed by atoms with van der Waals surface area (Å²) in [6.45, 7) is 0. The number of anilines is 3. The second kappa shape index (κ2) is 5.15. The number of nitriles is 1. The number of benzene rings is 1. The molecule has 0 aliphatic rings. The van der Waals surface area contributed by atoms with Gasteiger partial charge in [-0.2, -0.15) is 5.26 Å². The van der Waals surface area contributed by atoms with E-state index in [1.165, 1.54) is 6.33 Å². The zero-order valence-electron chi connectivity index (χ0n) is 10.3. The van der Waals surface area contributed by atoms with Crippen LogP contribution in [0, 0.1) is 11.3 Å². The van der Waals surface area contributed by atoms with E-state index in [4.69, 9.17) is 5.26 Å². The van der Waals surface area contributed by atoms with Crippen LogP contribution in [0.1, 0.15) is 5.56 Å². The molecule has 5 heteroatoms. The Bertz CT molecular complexity index is 588. The highest BCUT2D eigenvalue weighted by atomic mass is 15.2. The maximum Gasteiger partial charge on any atom is 0.138 e. The molecule has 0 aliphatic carbocycles. The molecule has 0 aliphatic heterocycles. The summed E-state index contributed by atoms with van der Waals surface area (Å²) in [7, 11) is 3.71. The minimum Gasteiger partial charge on any atom is -0.373 e. The lowest BCUT2D eigenvalue weighted by atomic mass is 10.2. The molecule has 1 heterocycles. The molecule has 0 bridgehead atoms. The molecule has 0 saturated heterocycles. The van der Waals surface area contributed by atoms with Crippen LogP contribution in [0.25, 0.3) is 0 Å². The summed E-state index contributed by atoms with van der Waals surface area (Å²) in [5.41, 5.74) is 1.54. The average molecular weight is 239 g/mol. The van der Waals surface area contributed by atoms with Crippen molar-refractivity contribution in [1.29, 1.82) is 5.26 Å². The number of nitrogens with zero attached hydrogens (tertiary/aromatic N) is 4. The van der Waals surface area contributed by atoms with Gasteiger partial charge in [0, 0.05) is 25.8 Å². The topological polar surface area (TPSA) is 64.8 Å². The van der Waals surface area contributed by atoms with Crippen molar-refractivity contribution in [3.63, 3.8) is 0 Å². The third kappa shape index (κ3) is 2.38. The fourth-order valence-electron chi connectivity index (χ4n) is 1.58. The first kappa shape index (κ1) is 11.9. The van der Waals surface area contributed by atoms with Crippen LogP contribution in [0.3, 0.4) is 0 Å². The summed E-state index contributed by atoms with van der Waals surface area (Å²) >= 11 is 0. The van der Waals surface area contributed by atoms with Gasteiger partial charge in [-0.25, -0.2) is 9.97 Å². The summed E-state index contributed by atoms with van der Waals surface area (Å²) in [6.07, 6.45) is 1.51. The first-order valence-electron chi connectivity index (χ1n) is 5.48. The van der Waals surface area contributed by atoms with E-state index in [1.54, 1.807) is 6.07 Å². The van der Waals surface area contributed by atoms with Gasteiger partial charge in [0.05, 0.1) is 11.6 Å². The molecule has 18 heavy (non-hydrogen) atoms. The molecule has 0 amide bonds. The van der Waals surface area contributed by atoms with Gasteiger partial charge in [-0.15, -0.1) is 0 Å². The molecule has 0 radical (unpaired) electrons. The molecule has 0 spiro atoms. The molecule has 90 valence electrons. The van der Waals surface area contributed by atoms with Gasteiger partial charge in [-0.3, -0.25) is 0 Å². The highest BCUT2D eigenvalue weighted by Crippen LogP contribution is 2.23. The normalized spacial score (nSPS) is 9.61. The summed E-state index contributed by atoms with van der Waals surface area (Å²) in [5, 5.41) is 11.9. The Labute approximate surface area is 106 Å². The van der Waals surface area contributed by atoms with Crippen LogP contribution in [-0.2, 0) is 0 Å².